The zero-order valence-corrected chi connectivity index (χ0v) is 13.1. The highest BCUT2D eigenvalue weighted by Gasteiger charge is 2.13. The van der Waals surface area contributed by atoms with Crippen molar-refractivity contribution >= 4 is 17.2 Å². The van der Waals surface area contributed by atoms with E-state index in [1.54, 1.807) is 6.20 Å². The van der Waals surface area contributed by atoms with Gasteiger partial charge in [0.25, 0.3) is 5.91 Å². The summed E-state index contributed by atoms with van der Waals surface area (Å²) in [4.78, 5) is 19.4. The third kappa shape index (κ3) is 3.91. The number of morpholine rings is 1. The van der Waals surface area contributed by atoms with Gasteiger partial charge in [0.05, 0.1) is 19.4 Å². The van der Waals surface area contributed by atoms with Gasteiger partial charge in [-0.25, -0.2) is 4.98 Å². The summed E-state index contributed by atoms with van der Waals surface area (Å²) in [5.41, 5.74) is 1.04. The molecule has 1 aromatic heterocycles. The summed E-state index contributed by atoms with van der Waals surface area (Å²) >= 11 is 1.42. The lowest BCUT2D eigenvalue weighted by Crippen LogP contribution is -2.41. The Hall–Kier alpha value is -1.76. The highest BCUT2D eigenvalue weighted by molar-refractivity contribution is 7.16. The van der Waals surface area contributed by atoms with E-state index in [0.29, 0.717) is 11.4 Å². The lowest BCUT2D eigenvalue weighted by molar-refractivity contribution is 0.0383. The number of carbonyl (C=O) groups is 1. The van der Waals surface area contributed by atoms with Crippen LogP contribution in [0.5, 0.6) is 0 Å². The van der Waals surface area contributed by atoms with Gasteiger partial charge in [0.15, 0.2) is 0 Å². The van der Waals surface area contributed by atoms with Crippen molar-refractivity contribution in [3.8, 4) is 10.6 Å². The third-order valence-corrected chi connectivity index (χ3v) is 4.61. The quantitative estimate of drug-likeness (QED) is 0.915. The topological polar surface area (TPSA) is 54.5 Å². The first-order valence-electron chi connectivity index (χ1n) is 7.42. The van der Waals surface area contributed by atoms with Gasteiger partial charge in [-0.05, 0) is 0 Å². The summed E-state index contributed by atoms with van der Waals surface area (Å²) in [5, 5.41) is 3.83. The number of benzene rings is 1. The number of carbonyl (C=O) groups excluding carboxylic acids is 1. The van der Waals surface area contributed by atoms with Gasteiger partial charge in [-0.15, -0.1) is 11.3 Å². The van der Waals surface area contributed by atoms with Crippen molar-refractivity contribution in [2.45, 2.75) is 0 Å². The molecule has 0 atom stereocenters. The van der Waals surface area contributed by atoms with E-state index < -0.39 is 0 Å². The van der Waals surface area contributed by atoms with Crippen LogP contribution in [0.3, 0.4) is 0 Å². The Bertz CT molecular complexity index is 609. The van der Waals surface area contributed by atoms with Crippen molar-refractivity contribution < 1.29 is 9.53 Å². The van der Waals surface area contributed by atoms with Gasteiger partial charge in [0.1, 0.15) is 9.88 Å². The van der Waals surface area contributed by atoms with Crippen LogP contribution in [0.15, 0.2) is 36.5 Å². The van der Waals surface area contributed by atoms with Crippen molar-refractivity contribution in [1.82, 2.24) is 15.2 Å². The SMILES string of the molecule is O=C(NCCN1CCOCC1)c1cnc(-c2ccccc2)s1. The minimum atomic E-state index is -0.0482. The molecule has 1 aliphatic rings. The van der Waals surface area contributed by atoms with Crippen LogP contribution < -0.4 is 5.32 Å². The molecule has 1 amide bonds. The third-order valence-electron chi connectivity index (χ3n) is 3.57. The molecule has 1 N–H and O–H groups in total. The molecule has 0 unspecified atom stereocenters. The van der Waals surface area contributed by atoms with E-state index in [4.69, 9.17) is 4.74 Å². The van der Waals surface area contributed by atoms with Crippen LogP contribution in [0.4, 0.5) is 0 Å². The summed E-state index contributed by atoms with van der Waals surface area (Å²) in [7, 11) is 0. The summed E-state index contributed by atoms with van der Waals surface area (Å²) in [6, 6.07) is 9.91. The van der Waals surface area contributed by atoms with E-state index >= 15 is 0 Å². The number of hydrogen-bond donors (Lipinski definition) is 1. The maximum Gasteiger partial charge on any atom is 0.263 e. The van der Waals surface area contributed by atoms with Gasteiger partial charge in [0.2, 0.25) is 0 Å². The molecular formula is C16H19N3O2S. The fraction of sp³-hybridized carbons (Fsp3) is 0.375. The molecule has 22 heavy (non-hydrogen) atoms. The first kappa shape index (κ1) is 15.1. The monoisotopic (exact) mass is 317 g/mol. The highest BCUT2D eigenvalue weighted by Crippen LogP contribution is 2.24. The molecule has 2 heterocycles. The summed E-state index contributed by atoms with van der Waals surface area (Å²) in [5.74, 6) is -0.0482. The largest absolute Gasteiger partial charge is 0.379 e. The van der Waals surface area contributed by atoms with Gasteiger partial charge >= 0.3 is 0 Å². The number of ether oxygens (including phenoxy) is 1. The highest BCUT2D eigenvalue weighted by atomic mass is 32.1. The second-order valence-corrected chi connectivity index (χ2v) is 6.14. The molecule has 0 saturated carbocycles. The zero-order valence-electron chi connectivity index (χ0n) is 12.3. The molecule has 3 rings (SSSR count). The van der Waals surface area contributed by atoms with Crippen LogP contribution in [0.2, 0.25) is 0 Å². The molecule has 1 fully saturated rings. The first-order chi connectivity index (χ1) is 10.8. The molecule has 1 saturated heterocycles. The fourth-order valence-corrected chi connectivity index (χ4v) is 3.17. The maximum atomic E-state index is 12.1. The molecule has 116 valence electrons. The van der Waals surface area contributed by atoms with Crippen molar-refractivity contribution in [2.75, 3.05) is 39.4 Å². The molecule has 0 aliphatic carbocycles. The van der Waals surface area contributed by atoms with Crippen LogP contribution in [0, 0.1) is 0 Å². The number of aromatic nitrogens is 1. The molecule has 0 spiro atoms. The number of nitrogens with zero attached hydrogens (tertiary/aromatic N) is 2. The Balaban J connectivity index is 1.51. The molecule has 1 aromatic carbocycles. The van der Waals surface area contributed by atoms with Crippen molar-refractivity contribution in [1.29, 1.82) is 0 Å². The van der Waals surface area contributed by atoms with Gasteiger partial charge in [-0.1, -0.05) is 30.3 Å². The van der Waals surface area contributed by atoms with E-state index in [1.807, 2.05) is 30.3 Å². The average Bonchev–Trinajstić information content (AvgIpc) is 3.07. The minimum absolute atomic E-state index is 0.0482. The molecular weight excluding hydrogens is 298 g/mol. The Morgan fingerprint density at radius 3 is 2.82 bits per heavy atom. The number of thiazole rings is 1. The predicted molar refractivity (Wildman–Crippen MR) is 87.1 cm³/mol. The second kappa shape index (κ2) is 7.49. The van der Waals surface area contributed by atoms with Crippen LogP contribution in [-0.2, 0) is 4.74 Å². The number of hydrogen-bond acceptors (Lipinski definition) is 5. The van der Waals surface area contributed by atoms with Crippen LogP contribution >= 0.6 is 11.3 Å². The standard InChI is InChI=1S/C16H19N3O2S/c20-15(17-6-7-19-8-10-21-11-9-19)14-12-18-16(22-14)13-4-2-1-3-5-13/h1-5,12H,6-11H2,(H,17,20). The van der Waals surface area contributed by atoms with E-state index in [9.17, 15) is 4.79 Å². The Morgan fingerprint density at radius 2 is 2.05 bits per heavy atom. The summed E-state index contributed by atoms with van der Waals surface area (Å²) in [6.07, 6.45) is 1.65. The Morgan fingerprint density at radius 1 is 1.27 bits per heavy atom. The van der Waals surface area contributed by atoms with Crippen LogP contribution in [0.1, 0.15) is 9.67 Å². The smallest absolute Gasteiger partial charge is 0.263 e. The fourth-order valence-electron chi connectivity index (χ4n) is 2.33. The van der Waals surface area contributed by atoms with Crippen molar-refractivity contribution in [3.63, 3.8) is 0 Å². The van der Waals surface area contributed by atoms with Gasteiger partial charge in [-0.3, -0.25) is 9.69 Å². The number of rotatable bonds is 5. The molecule has 5 nitrogen and oxygen atoms in total. The molecule has 0 radical (unpaired) electrons. The van der Waals surface area contributed by atoms with Crippen LogP contribution in [-0.4, -0.2) is 55.2 Å². The van der Waals surface area contributed by atoms with Crippen molar-refractivity contribution in [2.24, 2.45) is 0 Å². The number of nitrogens with one attached hydrogen (secondary N) is 1. The van der Waals surface area contributed by atoms with E-state index in [2.05, 4.69) is 15.2 Å². The lowest BCUT2D eigenvalue weighted by atomic mass is 10.2. The molecule has 1 aliphatic heterocycles. The minimum Gasteiger partial charge on any atom is -0.379 e. The molecule has 0 bridgehead atoms. The molecule has 6 heteroatoms. The van der Waals surface area contributed by atoms with Crippen LogP contribution in [0.25, 0.3) is 10.6 Å². The van der Waals surface area contributed by atoms with Gasteiger partial charge < -0.3 is 10.1 Å². The first-order valence-corrected chi connectivity index (χ1v) is 8.24. The summed E-state index contributed by atoms with van der Waals surface area (Å²) < 4.78 is 5.31. The second-order valence-electron chi connectivity index (χ2n) is 5.11. The normalized spacial score (nSPS) is 15.6. The van der Waals surface area contributed by atoms with E-state index in [1.165, 1.54) is 11.3 Å². The van der Waals surface area contributed by atoms with E-state index in [-0.39, 0.29) is 5.91 Å². The van der Waals surface area contributed by atoms with Gasteiger partial charge in [-0.2, -0.15) is 0 Å². The van der Waals surface area contributed by atoms with Crippen molar-refractivity contribution in [3.05, 3.63) is 41.4 Å². The molecule has 2 aromatic rings. The maximum absolute atomic E-state index is 12.1. The Kier molecular flexibility index (Phi) is 5.15. The van der Waals surface area contributed by atoms with Gasteiger partial charge in [0, 0.05) is 31.7 Å². The predicted octanol–water partition coefficient (Wildman–Crippen LogP) is 1.87. The average molecular weight is 317 g/mol. The van der Waals surface area contributed by atoms with E-state index in [0.717, 1.165) is 43.4 Å². The zero-order chi connectivity index (χ0) is 15.2. The Labute approximate surface area is 133 Å². The summed E-state index contributed by atoms with van der Waals surface area (Å²) in [6.45, 7) is 4.95. The number of amides is 1. The lowest BCUT2D eigenvalue weighted by Gasteiger charge is -2.26.